The van der Waals surface area contributed by atoms with E-state index in [-0.39, 0.29) is 16.4 Å². The average Bonchev–Trinajstić information content (AvgIpc) is 2.74. The molecule has 0 saturated carbocycles. The molecular weight excluding hydrogens is 314 g/mol. The molecule has 1 fully saturated rings. The molecule has 1 amide bonds. The highest BCUT2D eigenvalue weighted by molar-refractivity contribution is 9.10. The van der Waals surface area contributed by atoms with Crippen LogP contribution in [0.3, 0.4) is 0 Å². The standard InChI is InChI=1S/C13H16BrNO2S/c1-13(5-2-6-18-13)8-15-12(17)10-4-3-9(14)7-11(10)16/h3-4,7,16H,2,5-6,8H2,1H3,(H,15,17). The van der Waals surface area contributed by atoms with Gasteiger partial charge in [0.2, 0.25) is 0 Å². The molecule has 1 aromatic rings. The summed E-state index contributed by atoms with van der Waals surface area (Å²) in [5, 5.41) is 12.6. The number of thioether (sulfide) groups is 1. The molecule has 1 atom stereocenters. The van der Waals surface area contributed by atoms with Gasteiger partial charge in [-0.3, -0.25) is 4.79 Å². The van der Waals surface area contributed by atoms with Crippen molar-refractivity contribution in [3.05, 3.63) is 28.2 Å². The number of rotatable bonds is 3. The van der Waals surface area contributed by atoms with Crippen molar-refractivity contribution in [1.29, 1.82) is 0 Å². The zero-order valence-electron chi connectivity index (χ0n) is 10.2. The number of aromatic hydroxyl groups is 1. The summed E-state index contributed by atoms with van der Waals surface area (Å²) in [6, 6.07) is 4.90. The molecule has 0 aliphatic carbocycles. The molecule has 0 spiro atoms. The molecule has 1 aliphatic rings. The number of nitrogens with one attached hydrogen (secondary N) is 1. The summed E-state index contributed by atoms with van der Waals surface area (Å²) in [6.45, 7) is 2.82. The van der Waals surface area contributed by atoms with Crippen LogP contribution in [-0.2, 0) is 0 Å². The minimum atomic E-state index is -0.214. The molecule has 18 heavy (non-hydrogen) atoms. The number of benzene rings is 1. The monoisotopic (exact) mass is 329 g/mol. The number of halogens is 1. The first-order valence-corrected chi connectivity index (χ1v) is 7.69. The first-order chi connectivity index (χ1) is 8.50. The Kier molecular flexibility index (Phi) is 4.22. The lowest BCUT2D eigenvalue weighted by molar-refractivity contribution is 0.0947. The number of carbonyl (C=O) groups excluding carboxylic acids is 1. The second kappa shape index (κ2) is 5.53. The zero-order chi connectivity index (χ0) is 13.2. The first kappa shape index (κ1) is 13.7. The molecule has 5 heteroatoms. The second-order valence-electron chi connectivity index (χ2n) is 4.75. The van der Waals surface area contributed by atoms with E-state index in [1.807, 2.05) is 11.8 Å². The fraction of sp³-hybridized carbons (Fsp3) is 0.462. The van der Waals surface area contributed by atoms with Crippen LogP contribution in [0.25, 0.3) is 0 Å². The molecule has 1 heterocycles. The molecule has 1 aliphatic heterocycles. The molecule has 2 rings (SSSR count). The Bertz CT molecular complexity index is 458. The number of phenolic OH excluding ortho intramolecular Hbond substituents is 1. The predicted octanol–water partition coefficient (Wildman–Crippen LogP) is 3.17. The third kappa shape index (κ3) is 3.20. The van der Waals surface area contributed by atoms with E-state index in [0.29, 0.717) is 12.1 Å². The summed E-state index contributed by atoms with van der Waals surface area (Å²) >= 11 is 5.16. The topological polar surface area (TPSA) is 49.3 Å². The first-order valence-electron chi connectivity index (χ1n) is 5.91. The Morgan fingerprint density at radius 1 is 1.61 bits per heavy atom. The quantitative estimate of drug-likeness (QED) is 0.895. The Morgan fingerprint density at radius 3 is 3.00 bits per heavy atom. The number of hydrogen-bond acceptors (Lipinski definition) is 3. The zero-order valence-corrected chi connectivity index (χ0v) is 12.6. The number of carbonyl (C=O) groups is 1. The summed E-state index contributed by atoms with van der Waals surface area (Å²) in [5.74, 6) is 0.954. The molecule has 1 aromatic carbocycles. The molecule has 2 N–H and O–H groups in total. The van der Waals surface area contributed by atoms with Gasteiger partial charge in [-0.15, -0.1) is 0 Å². The van der Waals surface area contributed by atoms with Gasteiger partial charge < -0.3 is 10.4 Å². The molecule has 0 radical (unpaired) electrons. The molecule has 0 bridgehead atoms. The van der Waals surface area contributed by atoms with E-state index in [0.717, 1.165) is 16.6 Å². The van der Waals surface area contributed by atoms with Gasteiger partial charge in [0.05, 0.1) is 5.56 Å². The lowest BCUT2D eigenvalue weighted by Crippen LogP contribution is -2.36. The highest BCUT2D eigenvalue weighted by Crippen LogP contribution is 2.37. The predicted molar refractivity (Wildman–Crippen MR) is 78.2 cm³/mol. The van der Waals surface area contributed by atoms with E-state index in [1.54, 1.807) is 12.1 Å². The van der Waals surface area contributed by atoms with E-state index < -0.39 is 0 Å². The van der Waals surface area contributed by atoms with E-state index in [1.165, 1.54) is 12.5 Å². The summed E-state index contributed by atoms with van der Waals surface area (Å²) in [4.78, 5) is 12.0. The van der Waals surface area contributed by atoms with Gasteiger partial charge in [0.1, 0.15) is 5.75 Å². The second-order valence-corrected chi connectivity index (χ2v) is 7.34. The van der Waals surface area contributed by atoms with E-state index in [2.05, 4.69) is 28.2 Å². The molecular formula is C13H16BrNO2S. The van der Waals surface area contributed by atoms with Crippen molar-refractivity contribution in [3.63, 3.8) is 0 Å². The SMILES string of the molecule is CC1(CNC(=O)c2ccc(Br)cc2O)CCCS1. The Morgan fingerprint density at radius 2 is 2.39 bits per heavy atom. The maximum atomic E-state index is 12.0. The van der Waals surface area contributed by atoms with Crippen LogP contribution < -0.4 is 5.32 Å². The van der Waals surface area contributed by atoms with Gasteiger partial charge in [-0.05, 0) is 43.7 Å². The number of phenols is 1. The van der Waals surface area contributed by atoms with Gasteiger partial charge in [0.25, 0.3) is 5.91 Å². The minimum Gasteiger partial charge on any atom is -0.507 e. The van der Waals surface area contributed by atoms with Gasteiger partial charge in [-0.1, -0.05) is 15.9 Å². The summed E-state index contributed by atoms with van der Waals surface area (Å²) in [5.41, 5.74) is 0.324. The van der Waals surface area contributed by atoms with Crippen molar-refractivity contribution in [2.75, 3.05) is 12.3 Å². The Hall–Kier alpha value is -0.680. The van der Waals surface area contributed by atoms with Crippen molar-refractivity contribution >= 4 is 33.6 Å². The van der Waals surface area contributed by atoms with Crippen LogP contribution in [0.5, 0.6) is 5.75 Å². The van der Waals surface area contributed by atoms with Gasteiger partial charge in [0.15, 0.2) is 0 Å². The van der Waals surface area contributed by atoms with Crippen molar-refractivity contribution in [1.82, 2.24) is 5.32 Å². The third-order valence-corrected chi connectivity index (χ3v) is 5.16. The Balaban J connectivity index is 1.99. The summed E-state index contributed by atoms with van der Waals surface area (Å²) < 4.78 is 0.899. The third-order valence-electron chi connectivity index (χ3n) is 3.13. The van der Waals surface area contributed by atoms with Crippen molar-refractivity contribution < 1.29 is 9.90 Å². The highest BCUT2D eigenvalue weighted by Gasteiger charge is 2.30. The van der Waals surface area contributed by atoms with Crippen LogP contribution >= 0.6 is 27.7 Å². The summed E-state index contributed by atoms with van der Waals surface area (Å²) in [7, 11) is 0. The summed E-state index contributed by atoms with van der Waals surface area (Å²) in [6.07, 6.45) is 2.34. The highest BCUT2D eigenvalue weighted by atomic mass is 79.9. The fourth-order valence-corrected chi connectivity index (χ4v) is 3.63. The fourth-order valence-electron chi connectivity index (χ4n) is 2.04. The lowest BCUT2D eigenvalue weighted by Gasteiger charge is -2.22. The lowest BCUT2D eigenvalue weighted by atomic mass is 10.1. The van der Waals surface area contributed by atoms with Crippen LogP contribution in [0.15, 0.2) is 22.7 Å². The van der Waals surface area contributed by atoms with Gasteiger partial charge in [-0.2, -0.15) is 11.8 Å². The van der Waals surface area contributed by atoms with Crippen LogP contribution in [0.4, 0.5) is 0 Å². The smallest absolute Gasteiger partial charge is 0.255 e. The largest absolute Gasteiger partial charge is 0.507 e. The van der Waals surface area contributed by atoms with Gasteiger partial charge in [0, 0.05) is 15.8 Å². The van der Waals surface area contributed by atoms with Crippen molar-refractivity contribution in [2.45, 2.75) is 24.5 Å². The van der Waals surface area contributed by atoms with E-state index >= 15 is 0 Å². The molecule has 98 valence electrons. The maximum Gasteiger partial charge on any atom is 0.255 e. The number of amides is 1. The van der Waals surface area contributed by atoms with Crippen LogP contribution in [-0.4, -0.2) is 28.1 Å². The molecule has 1 unspecified atom stereocenters. The Labute approximate surface area is 119 Å². The normalized spacial score (nSPS) is 23.0. The van der Waals surface area contributed by atoms with Crippen LogP contribution in [0.1, 0.15) is 30.1 Å². The minimum absolute atomic E-state index is 0.00565. The number of hydrogen-bond donors (Lipinski definition) is 2. The van der Waals surface area contributed by atoms with E-state index in [4.69, 9.17) is 0 Å². The molecule has 0 aromatic heterocycles. The van der Waals surface area contributed by atoms with Crippen molar-refractivity contribution in [3.8, 4) is 5.75 Å². The molecule has 3 nitrogen and oxygen atoms in total. The average molecular weight is 330 g/mol. The van der Waals surface area contributed by atoms with E-state index in [9.17, 15) is 9.90 Å². The van der Waals surface area contributed by atoms with Crippen molar-refractivity contribution in [2.24, 2.45) is 0 Å². The molecule has 1 saturated heterocycles. The van der Waals surface area contributed by atoms with Gasteiger partial charge in [-0.25, -0.2) is 0 Å². The van der Waals surface area contributed by atoms with Gasteiger partial charge >= 0.3 is 0 Å². The van der Waals surface area contributed by atoms with Crippen LogP contribution in [0.2, 0.25) is 0 Å². The maximum absolute atomic E-state index is 12.0. The van der Waals surface area contributed by atoms with Crippen LogP contribution in [0, 0.1) is 0 Å².